The number of carbonyl (C=O) groups is 1. The largest absolute Gasteiger partial charge is 0.478 e. The van der Waals surface area contributed by atoms with Crippen molar-refractivity contribution in [3.63, 3.8) is 0 Å². The molecule has 3 aromatic carbocycles. The van der Waals surface area contributed by atoms with Gasteiger partial charge in [-0.25, -0.2) is 14.8 Å². The van der Waals surface area contributed by atoms with E-state index in [9.17, 15) is 9.90 Å². The Labute approximate surface area is 246 Å². The highest BCUT2D eigenvalue weighted by atomic mass is 16.5. The molecule has 1 saturated heterocycles. The van der Waals surface area contributed by atoms with Crippen molar-refractivity contribution < 1.29 is 14.6 Å². The summed E-state index contributed by atoms with van der Waals surface area (Å²) in [5.41, 5.74) is 7.97. The van der Waals surface area contributed by atoms with Crippen molar-refractivity contribution >= 4 is 17.0 Å². The molecule has 0 saturated carbocycles. The maximum Gasteiger partial charge on any atom is 0.336 e. The molecule has 1 aliphatic rings. The van der Waals surface area contributed by atoms with Crippen LogP contribution in [0.15, 0.2) is 73.2 Å². The Kier molecular flexibility index (Phi) is 8.17. The lowest BCUT2D eigenvalue weighted by Gasteiger charge is -2.26. The lowest BCUT2D eigenvalue weighted by molar-refractivity contribution is 0.0364. The average Bonchev–Trinajstić information content (AvgIpc) is 3.63. The van der Waals surface area contributed by atoms with Crippen LogP contribution in [-0.2, 0) is 24.2 Å². The van der Waals surface area contributed by atoms with Gasteiger partial charge in [-0.1, -0.05) is 49.4 Å². The van der Waals surface area contributed by atoms with E-state index in [2.05, 4.69) is 46.2 Å². The lowest BCUT2D eigenvalue weighted by Crippen LogP contribution is -2.38. The predicted molar refractivity (Wildman–Crippen MR) is 165 cm³/mol. The Morgan fingerprint density at radius 1 is 1.00 bits per heavy atom. The second-order valence-corrected chi connectivity index (χ2v) is 11.0. The monoisotopic (exact) mass is 563 g/mol. The first-order chi connectivity index (χ1) is 20.5. The number of morpholine rings is 1. The number of rotatable bonds is 10. The Balaban J connectivity index is 1.33. The van der Waals surface area contributed by atoms with Crippen LogP contribution >= 0.6 is 0 Å². The summed E-state index contributed by atoms with van der Waals surface area (Å²) in [5, 5.41) is 10.1. The summed E-state index contributed by atoms with van der Waals surface area (Å²) in [6.45, 7) is 10.2. The number of imidazole rings is 2. The zero-order valence-electron chi connectivity index (χ0n) is 24.3. The fraction of sp³-hybridized carbons (Fsp3) is 0.324. The highest BCUT2D eigenvalue weighted by Crippen LogP contribution is 2.30. The van der Waals surface area contributed by atoms with Gasteiger partial charge in [0.15, 0.2) is 0 Å². The van der Waals surface area contributed by atoms with Crippen LogP contribution in [0.2, 0.25) is 0 Å². The highest BCUT2D eigenvalue weighted by Gasteiger charge is 2.18. The maximum absolute atomic E-state index is 12.3. The number of benzene rings is 3. The van der Waals surface area contributed by atoms with Gasteiger partial charge in [-0.3, -0.25) is 4.90 Å². The number of hydrogen-bond acceptors (Lipinski definition) is 5. The smallest absolute Gasteiger partial charge is 0.336 e. The van der Waals surface area contributed by atoms with Crippen LogP contribution in [0.25, 0.3) is 33.4 Å². The van der Waals surface area contributed by atoms with Crippen molar-refractivity contribution in [1.82, 2.24) is 24.0 Å². The number of hydrogen-bond donors (Lipinski definition) is 1. The van der Waals surface area contributed by atoms with Crippen LogP contribution in [0.1, 0.15) is 40.7 Å². The standard InChI is InChI=1S/C34H37N5O3/c1-3-7-32-36-33-24(2)18-27(30-22-38(23-35-30)13-12-37-14-16-42-17-15-37)20-31(33)39(32)21-25-10-11-28(29(19-25)34(40)41)26-8-5-4-6-9-26/h4-6,8-11,18-20,22-23H,3,7,12-17,21H2,1-2H3,(H,40,41). The van der Waals surface area contributed by atoms with E-state index in [0.29, 0.717) is 12.1 Å². The van der Waals surface area contributed by atoms with Gasteiger partial charge >= 0.3 is 5.97 Å². The van der Waals surface area contributed by atoms with Gasteiger partial charge in [0, 0.05) is 50.9 Å². The van der Waals surface area contributed by atoms with Gasteiger partial charge in [-0.05, 0) is 53.8 Å². The van der Waals surface area contributed by atoms with Crippen molar-refractivity contribution in [3.05, 3.63) is 95.7 Å². The first kappa shape index (κ1) is 27.9. The molecule has 0 bridgehead atoms. The van der Waals surface area contributed by atoms with E-state index in [1.54, 1.807) is 6.07 Å². The van der Waals surface area contributed by atoms with Gasteiger partial charge in [0.1, 0.15) is 5.82 Å². The summed E-state index contributed by atoms with van der Waals surface area (Å²) in [4.78, 5) is 24.5. The van der Waals surface area contributed by atoms with Gasteiger partial charge < -0.3 is 19.0 Å². The average molecular weight is 564 g/mol. The molecule has 1 fully saturated rings. The molecule has 0 atom stereocenters. The van der Waals surface area contributed by atoms with Crippen LogP contribution in [0, 0.1) is 6.92 Å². The maximum atomic E-state index is 12.3. The number of carboxylic acids is 1. The summed E-state index contributed by atoms with van der Waals surface area (Å²) in [7, 11) is 0. The van der Waals surface area contributed by atoms with E-state index < -0.39 is 5.97 Å². The molecule has 6 rings (SSSR count). The first-order valence-electron chi connectivity index (χ1n) is 14.7. The van der Waals surface area contributed by atoms with E-state index in [-0.39, 0.29) is 0 Å². The zero-order chi connectivity index (χ0) is 29.1. The minimum Gasteiger partial charge on any atom is -0.478 e. The number of fused-ring (bicyclic) bond motifs is 1. The number of ether oxygens (including phenoxy) is 1. The molecular formula is C34H37N5O3. The van der Waals surface area contributed by atoms with Gasteiger partial charge in [0.25, 0.3) is 0 Å². The van der Waals surface area contributed by atoms with Crippen molar-refractivity contribution in [2.75, 3.05) is 32.8 Å². The summed E-state index contributed by atoms with van der Waals surface area (Å²) >= 11 is 0. The molecule has 216 valence electrons. The quantitative estimate of drug-likeness (QED) is 0.228. The molecule has 0 unspecified atom stereocenters. The normalized spacial score (nSPS) is 14.0. The van der Waals surface area contributed by atoms with E-state index >= 15 is 0 Å². The number of aromatic carboxylic acids is 1. The van der Waals surface area contributed by atoms with Gasteiger partial charge in [-0.2, -0.15) is 0 Å². The number of aryl methyl sites for hydroxylation is 2. The topological polar surface area (TPSA) is 85.4 Å². The summed E-state index contributed by atoms with van der Waals surface area (Å²) < 4.78 is 9.87. The number of nitrogens with zero attached hydrogens (tertiary/aromatic N) is 5. The van der Waals surface area contributed by atoms with Crippen LogP contribution < -0.4 is 0 Å². The minimum atomic E-state index is -0.928. The van der Waals surface area contributed by atoms with Gasteiger partial charge in [0.2, 0.25) is 0 Å². The third-order valence-electron chi connectivity index (χ3n) is 8.04. The lowest BCUT2D eigenvalue weighted by atomic mass is 9.97. The van der Waals surface area contributed by atoms with E-state index in [4.69, 9.17) is 14.7 Å². The van der Waals surface area contributed by atoms with Crippen LogP contribution in [0.4, 0.5) is 0 Å². The SMILES string of the molecule is CCCc1nc2c(C)cc(-c3cn(CCN4CCOCC4)cn3)cc2n1Cc1ccc(-c2ccccc2)c(C(=O)O)c1. The first-order valence-corrected chi connectivity index (χ1v) is 14.7. The molecule has 8 nitrogen and oxygen atoms in total. The highest BCUT2D eigenvalue weighted by molar-refractivity contribution is 5.96. The van der Waals surface area contributed by atoms with Crippen molar-refractivity contribution in [3.8, 4) is 22.4 Å². The fourth-order valence-corrected chi connectivity index (χ4v) is 5.81. The van der Waals surface area contributed by atoms with Crippen molar-refractivity contribution in [2.24, 2.45) is 0 Å². The molecule has 0 spiro atoms. The molecule has 5 aromatic rings. The fourth-order valence-electron chi connectivity index (χ4n) is 5.81. The molecule has 0 aliphatic carbocycles. The minimum absolute atomic E-state index is 0.305. The van der Waals surface area contributed by atoms with Crippen molar-refractivity contribution in [2.45, 2.75) is 39.8 Å². The number of carboxylic acid groups (broad SMARTS) is 1. The molecule has 0 radical (unpaired) electrons. The second kappa shape index (κ2) is 12.3. The molecular weight excluding hydrogens is 526 g/mol. The molecule has 0 amide bonds. The van der Waals surface area contributed by atoms with Gasteiger partial charge in [-0.15, -0.1) is 0 Å². The summed E-state index contributed by atoms with van der Waals surface area (Å²) in [6, 6.07) is 19.8. The van der Waals surface area contributed by atoms with E-state index in [1.165, 1.54) is 0 Å². The van der Waals surface area contributed by atoms with Crippen molar-refractivity contribution in [1.29, 1.82) is 0 Å². The molecule has 8 heteroatoms. The van der Waals surface area contributed by atoms with E-state index in [1.807, 2.05) is 48.8 Å². The molecule has 2 aromatic heterocycles. The Morgan fingerprint density at radius 3 is 2.57 bits per heavy atom. The Morgan fingerprint density at radius 2 is 1.81 bits per heavy atom. The van der Waals surface area contributed by atoms with Crippen LogP contribution in [0.3, 0.4) is 0 Å². The molecule has 42 heavy (non-hydrogen) atoms. The van der Waals surface area contributed by atoms with E-state index in [0.717, 1.165) is 103 Å². The predicted octanol–water partition coefficient (Wildman–Crippen LogP) is 5.91. The summed E-state index contributed by atoms with van der Waals surface area (Å²) in [5.74, 6) is 0.0788. The molecule has 1 aliphatic heterocycles. The van der Waals surface area contributed by atoms with Crippen LogP contribution in [0.5, 0.6) is 0 Å². The molecule has 3 heterocycles. The second-order valence-electron chi connectivity index (χ2n) is 11.0. The van der Waals surface area contributed by atoms with Crippen LogP contribution in [-0.4, -0.2) is 67.9 Å². The Hall–Kier alpha value is -4.27. The number of aromatic nitrogens is 4. The third-order valence-corrected chi connectivity index (χ3v) is 8.04. The Bertz CT molecular complexity index is 1700. The molecule has 1 N–H and O–H groups in total. The summed E-state index contributed by atoms with van der Waals surface area (Å²) in [6.07, 6.45) is 5.84. The van der Waals surface area contributed by atoms with Gasteiger partial charge in [0.05, 0.1) is 41.8 Å². The zero-order valence-corrected chi connectivity index (χ0v) is 24.3. The third kappa shape index (κ3) is 5.86.